The lowest BCUT2D eigenvalue weighted by Gasteiger charge is -2.25. The molecule has 1 amide bonds. The first-order valence-corrected chi connectivity index (χ1v) is 6.76. The zero-order chi connectivity index (χ0) is 14.2. The zero-order valence-corrected chi connectivity index (χ0v) is 12.6. The van der Waals surface area contributed by atoms with Crippen LogP contribution in [0.5, 0.6) is 0 Å². The van der Waals surface area contributed by atoms with Crippen LogP contribution in [0.3, 0.4) is 0 Å². The maximum Gasteiger partial charge on any atom is 0.410 e. The summed E-state index contributed by atoms with van der Waals surface area (Å²) in [6.07, 6.45) is 0.993. The molecule has 0 radical (unpaired) electrons. The van der Waals surface area contributed by atoms with Crippen molar-refractivity contribution in [2.45, 2.75) is 26.4 Å². The molecule has 0 aliphatic heterocycles. The van der Waals surface area contributed by atoms with E-state index in [0.717, 1.165) is 5.70 Å². The van der Waals surface area contributed by atoms with Crippen LogP contribution in [0.25, 0.3) is 0 Å². The molecule has 0 fully saturated rings. The van der Waals surface area contributed by atoms with Crippen molar-refractivity contribution in [3.63, 3.8) is 0 Å². The topological polar surface area (TPSA) is 65.4 Å². The van der Waals surface area contributed by atoms with Crippen molar-refractivity contribution in [3.05, 3.63) is 11.1 Å². The van der Waals surface area contributed by atoms with Gasteiger partial charge in [0.25, 0.3) is 0 Å². The average Bonchev–Trinajstić information content (AvgIpc) is 2.25. The van der Waals surface area contributed by atoms with Gasteiger partial charge in [-0.25, -0.2) is 4.79 Å². The number of hydrogen-bond acceptors (Lipinski definition) is 5. The van der Waals surface area contributed by atoms with Gasteiger partial charge >= 0.3 is 6.09 Å². The van der Waals surface area contributed by atoms with Gasteiger partial charge in [0.2, 0.25) is 0 Å². The van der Waals surface area contributed by atoms with Gasteiger partial charge in [0.1, 0.15) is 5.60 Å². The molecule has 0 spiro atoms. The Bertz CT molecular complexity index is 311. The van der Waals surface area contributed by atoms with E-state index in [2.05, 4.69) is 5.32 Å². The lowest BCUT2D eigenvalue weighted by molar-refractivity contribution is 0.0312. The molecule has 0 bridgehead atoms. The highest BCUT2D eigenvalue weighted by Gasteiger charge is 2.19. The average molecular weight is 273 g/mol. The molecular formula is C12H23N3O2S. The fraction of sp³-hybridized carbons (Fsp3) is 0.667. The zero-order valence-electron chi connectivity index (χ0n) is 11.7. The van der Waals surface area contributed by atoms with Gasteiger partial charge < -0.3 is 20.4 Å². The Balaban J connectivity index is 4.33. The van der Waals surface area contributed by atoms with E-state index in [1.807, 2.05) is 26.2 Å². The molecular weight excluding hydrogens is 250 g/mol. The number of ether oxygens (including phenoxy) is 1. The number of nitrogens with one attached hydrogen (secondary N) is 2. The first kappa shape index (κ1) is 16.8. The van der Waals surface area contributed by atoms with Crippen molar-refractivity contribution in [1.82, 2.24) is 10.2 Å². The van der Waals surface area contributed by atoms with Crippen LogP contribution in [-0.4, -0.2) is 49.2 Å². The van der Waals surface area contributed by atoms with Gasteiger partial charge in [0.15, 0.2) is 0 Å². The third-order valence-corrected chi connectivity index (χ3v) is 2.65. The number of hydrogen-bond donors (Lipinski definition) is 2. The number of carbonyl (C=O) groups is 1. The van der Waals surface area contributed by atoms with Crippen molar-refractivity contribution >= 4 is 24.1 Å². The minimum atomic E-state index is -0.482. The van der Waals surface area contributed by atoms with Crippen molar-refractivity contribution in [1.29, 1.82) is 5.41 Å². The van der Waals surface area contributed by atoms with Crippen LogP contribution in [0.15, 0.2) is 11.1 Å². The van der Waals surface area contributed by atoms with E-state index in [1.54, 1.807) is 14.1 Å². The summed E-state index contributed by atoms with van der Waals surface area (Å²) >= 11 is 1.51. The Morgan fingerprint density at radius 3 is 2.56 bits per heavy atom. The Morgan fingerprint density at radius 1 is 1.50 bits per heavy atom. The molecule has 0 aromatic heterocycles. The second-order valence-corrected chi connectivity index (χ2v) is 5.67. The normalized spacial score (nSPS) is 11.9. The van der Waals surface area contributed by atoms with Crippen LogP contribution in [-0.2, 0) is 4.74 Å². The summed E-state index contributed by atoms with van der Waals surface area (Å²) < 4.78 is 5.26. The highest BCUT2D eigenvalue weighted by Crippen LogP contribution is 2.10. The molecule has 0 aliphatic carbocycles. The molecule has 18 heavy (non-hydrogen) atoms. The maximum absolute atomic E-state index is 11.7. The molecule has 0 aromatic rings. The van der Waals surface area contributed by atoms with Gasteiger partial charge in [0, 0.05) is 31.8 Å². The molecule has 0 saturated heterocycles. The Morgan fingerprint density at radius 2 is 2.11 bits per heavy atom. The van der Waals surface area contributed by atoms with Crippen LogP contribution < -0.4 is 5.32 Å². The number of amides is 1. The van der Waals surface area contributed by atoms with Gasteiger partial charge in [-0.1, -0.05) is 0 Å². The lowest BCUT2D eigenvalue weighted by atomic mass is 10.2. The van der Waals surface area contributed by atoms with E-state index >= 15 is 0 Å². The first-order chi connectivity index (χ1) is 8.30. The van der Waals surface area contributed by atoms with Crippen LogP contribution >= 0.6 is 11.8 Å². The minimum Gasteiger partial charge on any atom is -0.444 e. The predicted molar refractivity (Wildman–Crippen MR) is 77.2 cm³/mol. The van der Waals surface area contributed by atoms with E-state index in [1.165, 1.54) is 22.9 Å². The summed E-state index contributed by atoms with van der Waals surface area (Å²) in [6.45, 7) is 5.98. The fourth-order valence-corrected chi connectivity index (χ4v) is 1.62. The summed E-state index contributed by atoms with van der Waals surface area (Å²) in [6, 6.07) is 0. The summed E-state index contributed by atoms with van der Waals surface area (Å²) in [5.41, 5.74) is 0.430. The summed E-state index contributed by atoms with van der Waals surface area (Å²) in [4.78, 5) is 13.3. The van der Waals surface area contributed by atoms with Crippen molar-refractivity contribution in [2.24, 2.45) is 0 Å². The number of rotatable bonds is 6. The second-order valence-electron chi connectivity index (χ2n) is 4.77. The van der Waals surface area contributed by atoms with Gasteiger partial charge in [-0.2, -0.15) is 0 Å². The van der Waals surface area contributed by atoms with Crippen molar-refractivity contribution in [2.75, 3.05) is 26.4 Å². The van der Waals surface area contributed by atoms with Crippen LogP contribution in [0, 0.1) is 5.41 Å². The number of carbonyl (C=O) groups excluding carboxylic acids is 1. The molecule has 5 nitrogen and oxygen atoms in total. The number of nitrogens with zero attached hydrogens (tertiary/aromatic N) is 1. The smallest absolute Gasteiger partial charge is 0.410 e. The monoisotopic (exact) mass is 273 g/mol. The molecule has 0 rings (SSSR count). The van der Waals surface area contributed by atoms with Gasteiger partial charge in [-0.15, -0.1) is 11.8 Å². The minimum absolute atomic E-state index is 0.347. The van der Waals surface area contributed by atoms with Gasteiger partial charge in [-0.3, -0.25) is 0 Å². The molecule has 0 aromatic carbocycles. The lowest BCUT2D eigenvalue weighted by Crippen LogP contribution is -2.36. The third kappa shape index (κ3) is 8.00. The van der Waals surface area contributed by atoms with E-state index in [9.17, 15) is 4.79 Å². The van der Waals surface area contributed by atoms with Gasteiger partial charge in [-0.05, 0) is 26.2 Å². The van der Waals surface area contributed by atoms with E-state index in [0.29, 0.717) is 12.3 Å². The molecule has 0 unspecified atom stereocenters. The van der Waals surface area contributed by atoms with E-state index in [4.69, 9.17) is 10.1 Å². The molecule has 0 atom stereocenters. The quantitative estimate of drug-likeness (QED) is 0.575. The van der Waals surface area contributed by atoms with E-state index in [-0.39, 0.29) is 6.09 Å². The Hall–Kier alpha value is -1.17. The number of thioether (sulfide) groups is 1. The Labute approximate surface area is 113 Å². The van der Waals surface area contributed by atoms with E-state index < -0.39 is 5.60 Å². The molecule has 0 saturated carbocycles. The SMILES string of the molecule is CN/C(=C\SCC=N)CN(C)C(=O)OC(C)(C)C. The standard InChI is InChI=1S/C12H23N3O2S/c1-12(2,3)17-11(16)15(5)8-10(14-4)9-18-7-6-13/h6,9,13-14H,7-8H2,1-5H3/b10-9-,13-6?. The Kier molecular flexibility index (Phi) is 7.50. The molecule has 2 N–H and O–H groups in total. The summed E-state index contributed by atoms with van der Waals surface area (Å²) in [7, 11) is 3.50. The predicted octanol–water partition coefficient (Wildman–Crippen LogP) is 2.30. The first-order valence-electron chi connectivity index (χ1n) is 5.71. The summed E-state index contributed by atoms with van der Waals surface area (Å²) in [5, 5.41) is 11.9. The van der Waals surface area contributed by atoms with Crippen LogP contribution in [0.4, 0.5) is 4.79 Å². The van der Waals surface area contributed by atoms with Crippen molar-refractivity contribution < 1.29 is 9.53 Å². The number of likely N-dealkylation sites (N-methyl/N-ethyl adjacent to an activating group) is 2. The molecule has 6 heteroatoms. The van der Waals surface area contributed by atoms with Crippen LogP contribution in [0.2, 0.25) is 0 Å². The maximum atomic E-state index is 11.7. The highest BCUT2D eigenvalue weighted by atomic mass is 32.2. The molecule has 104 valence electrons. The molecule has 0 aliphatic rings. The second kappa shape index (κ2) is 8.02. The fourth-order valence-electron chi connectivity index (χ4n) is 1.03. The van der Waals surface area contributed by atoms with Gasteiger partial charge in [0.05, 0.1) is 6.54 Å². The summed E-state index contributed by atoms with van der Waals surface area (Å²) in [5.74, 6) is 0.626. The largest absolute Gasteiger partial charge is 0.444 e. The third-order valence-electron chi connectivity index (χ3n) is 1.84. The van der Waals surface area contributed by atoms with Crippen LogP contribution in [0.1, 0.15) is 20.8 Å². The van der Waals surface area contributed by atoms with Crippen molar-refractivity contribution in [3.8, 4) is 0 Å². The molecule has 0 heterocycles. The highest BCUT2D eigenvalue weighted by molar-refractivity contribution is 8.02.